The Morgan fingerprint density at radius 1 is 1.36 bits per heavy atom. The normalized spacial score (nSPS) is 10.4. The highest BCUT2D eigenvalue weighted by Crippen LogP contribution is 2.15. The van der Waals surface area contributed by atoms with E-state index in [1.165, 1.54) is 18.3 Å². The van der Waals surface area contributed by atoms with Crippen LogP contribution in [0.15, 0.2) is 45.9 Å². The van der Waals surface area contributed by atoms with Gasteiger partial charge in [0.1, 0.15) is 10.7 Å². The molecule has 0 atom stereocenters. The van der Waals surface area contributed by atoms with Crippen molar-refractivity contribution >= 4 is 35.1 Å². The maximum absolute atomic E-state index is 10.5. The van der Waals surface area contributed by atoms with Crippen LogP contribution in [-0.4, -0.2) is 23.4 Å². The summed E-state index contributed by atoms with van der Waals surface area (Å²) >= 11 is 5.05. The molecular formula is C13H12N4O4S. The Balaban J connectivity index is 1.85. The summed E-state index contributed by atoms with van der Waals surface area (Å²) in [7, 11) is 1.59. The van der Waals surface area contributed by atoms with Crippen LogP contribution in [0.1, 0.15) is 5.76 Å². The molecule has 0 aliphatic rings. The van der Waals surface area contributed by atoms with Gasteiger partial charge in [-0.3, -0.25) is 15.5 Å². The summed E-state index contributed by atoms with van der Waals surface area (Å²) in [5.41, 5.74) is 3.34. The standard InChI is InChI=1S/C13H12N4O4S/c1-20-10-4-2-9(3-5-10)15-13(22)16-14-8-11-6-7-12(21-11)17(18)19/h2-8H,1H3,(H2,15,16,22)/b14-8+. The lowest BCUT2D eigenvalue weighted by Crippen LogP contribution is -2.23. The maximum Gasteiger partial charge on any atom is 0.433 e. The van der Waals surface area contributed by atoms with Crippen LogP contribution in [0.5, 0.6) is 5.75 Å². The topological polar surface area (TPSA) is 102 Å². The van der Waals surface area contributed by atoms with Gasteiger partial charge in [-0.05, 0) is 42.5 Å². The minimum absolute atomic E-state index is 0.242. The van der Waals surface area contributed by atoms with E-state index in [1.807, 2.05) is 0 Å². The molecule has 2 aromatic rings. The van der Waals surface area contributed by atoms with E-state index >= 15 is 0 Å². The summed E-state index contributed by atoms with van der Waals surface area (Å²) < 4.78 is 9.95. The molecule has 0 aliphatic heterocycles. The summed E-state index contributed by atoms with van der Waals surface area (Å²) in [4.78, 5) is 9.83. The van der Waals surface area contributed by atoms with Gasteiger partial charge in [0, 0.05) is 5.69 Å². The van der Waals surface area contributed by atoms with Gasteiger partial charge in [-0.1, -0.05) is 0 Å². The van der Waals surface area contributed by atoms with Crippen molar-refractivity contribution in [3.8, 4) is 5.75 Å². The average molecular weight is 320 g/mol. The number of hydrogen-bond donors (Lipinski definition) is 2. The molecule has 1 heterocycles. The third-order valence-electron chi connectivity index (χ3n) is 2.50. The molecule has 1 aromatic carbocycles. The summed E-state index contributed by atoms with van der Waals surface area (Å²) in [5, 5.41) is 17.5. The number of nitrogens with zero attached hydrogens (tertiary/aromatic N) is 2. The second-order valence-electron chi connectivity index (χ2n) is 3.99. The van der Waals surface area contributed by atoms with Crippen LogP contribution in [0.3, 0.4) is 0 Å². The van der Waals surface area contributed by atoms with E-state index in [1.54, 1.807) is 31.4 Å². The van der Waals surface area contributed by atoms with Crippen molar-refractivity contribution in [2.24, 2.45) is 5.10 Å². The van der Waals surface area contributed by atoms with Gasteiger partial charge in [-0.25, -0.2) is 0 Å². The minimum Gasteiger partial charge on any atom is -0.497 e. The first kappa shape index (κ1) is 15.4. The highest BCUT2D eigenvalue weighted by Gasteiger charge is 2.10. The Bertz CT molecular complexity index is 696. The third kappa shape index (κ3) is 4.28. The molecule has 8 nitrogen and oxygen atoms in total. The first-order valence-electron chi connectivity index (χ1n) is 6.07. The number of hydrazone groups is 1. The van der Waals surface area contributed by atoms with Gasteiger partial charge in [0.05, 0.1) is 19.4 Å². The number of anilines is 1. The third-order valence-corrected chi connectivity index (χ3v) is 2.69. The fraction of sp³-hybridized carbons (Fsp3) is 0.0769. The number of methoxy groups -OCH3 is 1. The number of thiocarbonyl (C=S) groups is 1. The van der Waals surface area contributed by atoms with Crippen molar-refractivity contribution in [2.75, 3.05) is 12.4 Å². The van der Waals surface area contributed by atoms with Crippen LogP contribution in [0.4, 0.5) is 11.6 Å². The van der Waals surface area contributed by atoms with Crippen LogP contribution >= 0.6 is 12.2 Å². The molecule has 2 rings (SSSR count). The van der Waals surface area contributed by atoms with Crippen molar-refractivity contribution in [3.63, 3.8) is 0 Å². The molecular weight excluding hydrogens is 308 g/mol. The number of ether oxygens (including phenoxy) is 1. The molecule has 0 saturated carbocycles. The maximum atomic E-state index is 10.5. The molecule has 0 spiro atoms. The van der Waals surface area contributed by atoms with Gasteiger partial charge < -0.3 is 14.5 Å². The summed E-state index contributed by atoms with van der Waals surface area (Å²) in [6.45, 7) is 0. The SMILES string of the molecule is COc1ccc(NC(=S)N/N=C/c2ccc([N+](=O)[O-])o2)cc1. The Morgan fingerprint density at radius 2 is 2.09 bits per heavy atom. The zero-order chi connectivity index (χ0) is 15.9. The zero-order valence-corrected chi connectivity index (χ0v) is 12.3. The highest BCUT2D eigenvalue weighted by molar-refractivity contribution is 7.80. The molecule has 0 radical (unpaired) electrons. The number of nitro groups is 1. The largest absolute Gasteiger partial charge is 0.497 e. The highest BCUT2D eigenvalue weighted by atomic mass is 32.1. The first-order chi connectivity index (χ1) is 10.6. The van der Waals surface area contributed by atoms with E-state index in [2.05, 4.69) is 15.8 Å². The van der Waals surface area contributed by atoms with Crippen LogP contribution < -0.4 is 15.5 Å². The monoisotopic (exact) mass is 320 g/mol. The molecule has 114 valence electrons. The van der Waals surface area contributed by atoms with Crippen molar-refractivity contribution in [3.05, 3.63) is 52.3 Å². The van der Waals surface area contributed by atoms with Gasteiger partial charge in [-0.2, -0.15) is 5.10 Å². The van der Waals surface area contributed by atoms with Gasteiger partial charge in [0.25, 0.3) is 0 Å². The van der Waals surface area contributed by atoms with Crippen LogP contribution in [0, 0.1) is 10.1 Å². The smallest absolute Gasteiger partial charge is 0.433 e. The first-order valence-corrected chi connectivity index (χ1v) is 6.47. The Morgan fingerprint density at radius 3 is 2.68 bits per heavy atom. The van der Waals surface area contributed by atoms with Crippen LogP contribution in [-0.2, 0) is 0 Å². The van der Waals surface area contributed by atoms with Gasteiger partial charge in [0.15, 0.2) is 10.9 Å². The van der Waals surface area contributed by atoms with Crippen molar-refractivity contribution < 1.29 is 14.1 Å². The predicted octanol–water partition coefficient (Wildman–Crippen LogP) is 2.52. The summed E-state index contributed by atoms with van der Waals surface area (Å²) in [5.74, 6) is 0.633. The second kappa shape index (κ2) is 7.18. The molecule has 22 heavy (non-hydrogen) atoms. The number of benzene rings is 1. The molecule has 0 saturated heterocycles. The minimum atomic E-state index is -0.624. The van der Waals surface area contributed by atoms with E-state index in [4.69, 9.17) is 21.4 Å². The number of nitrogens with one attached hydrogen (secondary N) is 2. The van der Waals surface area contributed by atoms with Crippen LogP contribution in [0.2, 0.25) is 0 Å². The fourth-order valence-electron chi connectivity index (χ4n) is 1.50. The van der Waals surface area contributed by atoms with Crippen molar-refractivity contribution in [1.82, 2.24) is 5.43 Å². The molecule has 2 N–H and O–H groups in total. The van der Waals surface area contributed by atoms with Gasteiger partial charge >= 0.3 is 5.88 Å². The molecule has 0 unspecified atom stereocenters. The molecule has 9 heteroatoms. The predicted molar refractivity (Wildman–Crippen MR) is 85.3 cm³/mol. The zero-order valence-electron chi connectivity index (χ0n) is 11.5. The number of hydrogen-bond acceptors (Lipinski definition) is 6. The quantitative estimate of drug-likeness (QED) is 0.378. The Labute approximate surface area is 130 Å². The van der Waals surface area contributed by atoms with E-state index in [0.717, 1.165) is 11.4 Å². The van der Waals surface area contributed by atoms with E-state index < -0.39 is 4.92 Å². The number of furan rings is 1. The average Bonchev–Trinajstić information content (AvgIpc) is 2.97. The van der Waals surface area contributed by atoms with Gasteiger partial charge in [0.2, 0.25) is 0 Å². The van der Waals surface area contributed by atoms with Crippen molar-refractivity contribution in [1.29, 1.82) is 0 Å². The number of rotatable bonds is 5. The molecule has 0 aliphatic carbocycles. The van der Waals surface area contributed by atoms with E-state index in [-0.39, 0.29) is 16.8 Å². The second-order valence-corrected chi connectivity index (χ2v) is 4.39. The summed E-state index contributed by atoms with van der Waals surface area (Å²) in [6.07, 6.45) is 1.29. The lowest BCUT2D eigenvalue weighted by Gasteiger charge is -2.07. The Hall–Kier alpha value is -2.94. The Kier molecular flexibility index (Phi) is 5.04. The lowest BCUT2D eigenvalue weighted by molar-refractivity contribution is -0.402. The van der Waals surface area contributed by atoms with E-state index in [9.17, 15) is 10.1 Å². The van der Waals surface area contributed by atoms with E-state index in [0.29, 0.717) is 0 Å². The molecule has 1 aromatic heterocycles. The van der Waals surface area contributed by atoms with Crippen molar-refractivity contribution in [2.45, 2.75) is 0 Å². The lowest BCUT2D eigenvalue weighted by atomic mass is 10.3. The fourth-order valence-corrected chi connectivity index (χ4v) is 1.67. The van der Waals surface area contributed by atoms with Gasteiger partial charge in [-0.15, -0.1) is 0 Å². The summed E-state index contributed by atoms with van der Waals surface area (Å²) in [6, 6.07) is 9.85. The molecule has 0 bridgehead atoms. The van der Waals surface area contributed by atoms with Crippen LogP contribution in [0.25, 0.3) is 0 Å². The molecule has 0 amide bonds. The molecule has 0 fully saturated rings.